The number of hydrogen-bond donors (Lipinski definition) is 0. The Hall–Kier alpha value is -4.20. The molecular formula is C22H17N3O5. The maximum absolute atomic E-state index is 11.5. The van der Waals surface area contributed by atoms with E-state index in [-0.39, 0.29) is 11.7 Å². The van der Waals surface area contributed by atoms with Gasteiger partial charge in [0, 0.05) is 17.8 Å². The third-order valence-corrected chi connectivity index (χ3v) is 4.58. The van der Waals surface area contributed by atoms with E-state index in [4.69, 9.17) is 4.74 Å². The van der Waals surface area contributed by atoms with Crippen LogP contribution in [-0.4, -0.2) is 27.4 Å². The fourth-order valence-electron chi connectivity index (χ4n) is 2.97. The lowest BCUT2D eigenvalue weighted by atomic mass is 10.1. The zero-order valence-corrected chi connectivity index (χ0v) is 16.0. The standard InChI is InChI=1S/C22H17N3O5/c1-29-22(26)17-4-2-15(3-5-17)14-30-19-9-6-16(7-10-19)20-13-24-12-18(25(27)28)8-11-21(24)23-20/h2-13H,14H2,1H3. The second-order valence-electron chi connectivity index (χ2n) is 6.54. The number of rotatable bonds is 6. The fourth-order valence-corrected chi connectivity index (χ4v) is 2.97. The van der Waals surface area contributed by atoms with E-state index in [1.807, 2.05) is 36.4 Å². The van der Waals surface area contributed by atoms with Gasteiger partial charge in [0.2, 0.25) is 0 Å². The first-order chi connectivity index (χ1) is 14.5. The molecule has 4 aromatic rings. The van der Waals surface area contributed by atoms with Gasteiger partial charge in [-0.15, -0.1) is 0 Å². The van der Waals surface area contributed by atoms with Gasteiger partial charge in [-0.1, -0.05) is 12.1 Å². The molecule has 150 valence electrons. The summed E-state index contributed by atoms with van der Waals surface area (Å²) in [6, 6.07) is 17.5. The summed E-state index contributed by atoms with van der Waals surface area (Å²) in [5.74, 6) is 0.315. The van der Waals surface area contributed by atoms with Gasteiger partial charge in [0.05, 0.1) is 29.5 Å². The van der Waals surface area contributed by atoms with E-state index < -0.39 is 4.92 Å². The average molecular weight is 403 g/mol. The highest BCUT2D eigenvalue weighted by Crippen LogP contribution is 2.24. The molecule has 0 aliphatic heterocycles. The van der Waals surface area contributed by atoms with Crippen LogP contribution in [0.15, 0.2) is 73.1 Å². The summed E-state index contributed by atoms with van der Waals surface area (Å²) >= 11 is 0. The van der Waals surface area contributed by atoms with Crippen LogP contribution in [0.5, 0.6) is 5.75 Å². The first-order valence-electron chi connectivity index (χ1n) is 9.07. The fraction of sp³-hybridized carbons (Fsp3) is 0.0909. The van der Waals surface area contributed by atoms with Crippen molar-refractivity contribution in [1.29, 1.82) is 0 Å². The number of nitrogens with zero attached hydrogens (tertiary/aromatic N) is 3. The highest BCUT2D eigenvalue weighted by Gasteiger charge is 2.10. The number of aromatic nitrogens is 2. The minimum absolute atomic E-state index is 0.00909. The van der Waals surface area contributed by atoms with Gasteiger partial charge >= 0.3 is 5.97 Å². The Kier molecular flexibility index (Phi) is 5.13. The van der Waals surface area contributed by atoms with Crippen LogP contribution in [0.3, 0.4) is 0 Å². The highest BCUT2D eigenvalue weighted by atomic mass is 16.6. The predicted octanol–water partition coefficient (Wildman–Crippen LogP) is 4.28. The molecule has 30 heavy (non-hydrogen) atoms. The molecular weight excluding hydrogens is 386 g/mol. The summed E-state index contributed by atoms with van der Waals surface area (Å²) in [5, 5.41) is 10.9. The molecule has 2 aromatic heterocycles. The van der Waals surface area contributed by atoms with Crippen LogP contribution in [0, 0.1) is 10.1 Å². The Morgan fingerprint density at radius 2 is 1.77 bits per heavy atom. The van der Waals surface area contributed by atoms with Crippen molar-refractivity contribution >= 4 is 17.3 Å². The Balaban J connectivity index is 1.44. The number of esters is 1. The molecule has 0 N–H and O–H groups in total. The van der Waals surface area contributed by atoms with Gasteiger partial charge in [-0.05, 0) is 48.0 Å². The van der Waals surface area contributed by atoms with Crippen LogP contribution in [0.25, 0.3) is 16.9 Å². The number of imidazole rings is 1. The van der Waals surface area contributed by atoms with Crippen LogP contribution in [0.2, 0.25) is 0 Å². The van der Waals surface area contributed by atoms with E-state index in [2.05, 4.69) is 9.72 Å². The molecule has 0 saturated carbocycles. The maximum atomic E-state index is 11.5. The number of benzene rings is 2. The average Bonchev–Trinajstić information content (AvgIpc) is 3.21. The van der Waals surface area contributed by atoms with Crippen molar-refractivity contribution in [2.75, 3.05) is 7.11 Å². The number of carbonyl (C=O) groups excluding carboxylic acids is 1. The summed E-state index contributed by atoms with van der Waals surface area (Å²) in [6.07, 6.45) is 3.19. The van der Waals surface area contributed by atoms with E-state index in [1.54, 1.807) is 28.8 Å². The predicted molar refractivity (Wildman–Crippen MR) is 109 cm³/mol. The van der Waals surface area contributed by atoms with Gasteiger partial charge in [0.25, 0.3) is 5.69 Å². The first kappa shape index (κ1) is 19.1. The van der Waals surface area contributed by atoms with Crippen molar-refractivity contribution in [1.82, 2.24) is 9.38 Å². The van der Waals surface area contributed by atoms with Gasteiger partial charge < -0.3 is 9.47 Å². The molecule has 0 bridgehead atoms. The smallest absolute Gasteiger partial charge is 0.337 e. The maximum Gasteiger partial charge on any atom is 0.337 e. The second kappa shape index (κ2) is 8.04. The first-order valence-corrected chi connectivity index (χ1v) is 9.07. The third-order valence-electron chi connectivity index (χ3n) is 4.58. The van der Waals surface area contributed by atoms with Gasteiger partial charge in [-0.3, -0.25) is 14.5 Å². The van der Waals surface area contributed by atoms with Crippen LogP contribution in [0.4, 0.5) is 5.69 Å². The molecule has 0 spiro atoms. The van der Waals surface area contributed by atoms with E-state index in [9.17, 15) is 14.9 Å². The van der Waals surface area contributed by atoms with Gasteiger partial charge in [0.1, 0.15) is 18.0 Å². The van der Waals surface area contributed by atoms with Crippen LogP contribution < -0.4 is 4.74 Å². The lowest BCUT2D eigenvalue weighted by Crippen LogP contribution is -2.01. The van der Waals surface area contributed by atoms with Crippen molar-refractivity contribution in [3.05, 3.63) is 94.3 Å². The van der Waals surface area contributed by atoms with Crippen LogP contribution >= 0.6 is 0 Å². The van der Waals surface area contributed by atoms with Gasteiger partial charge in [-0.2, -0.15) is 0 Å². The van der Waals surface area contributed by atoms with Crippen molar-refractivity contribution < 1.29 is 19.2 Å². The number of hydrogen-bond acceptors (Lipinski definition) is 6. The van der Waals surface area contributed by atoms with E-state index >= 15 is 0 Å². The molecule has 2 aromatic carbocycles. The number of carbonyl (C=O) groups is 1. The van der Waals surface area contributed by atoms with Crippen molar-refractivity contribution in [2.24, 2.45) is 0 Å². The normalized spacial score (nSPS) is 10.7. The molecule has 4 rings (SSSR count). The number of methoxy groups -OCH3 is 1. The summed E-state index contributed by atoms with van der Waals surface area (Å²) in [7, 11) is 1.35. The molecule has 0 fully saturated rings. The lowest BCUT2D eigenvalue weighted by molar-refractivity contribution is -0.385. The summed E-state index contributed by atoms with van der Waals surface area (Å²) in [6.45, 7) is 0.360. The SMILES string of the molecule is COC(=O)c1ccc(COc2ccc(-c3cn4cc([N+](=O)[O-])ccc4n3)cc2)cc1. The third kappa shape index (κ3) is 3.97. The van der Waals surface area contributed by atoms with E-state index in [1.165, 1.54) is 19.4 Å². The quantitative estimate of drug-likeness (QED) is 0.271. The molecule has 0 unspecified atom stereocenters. The van der Waals surface area contributed by atoms with Crippen molar-refractivity contribution in [2.45, 2.75) is 6.61 Å². The summed E-state index contributed by atoms with van der Waals surface area (Å²) < 4.78 is 12.1. The van der Waals surface area contributed by atoms with Crippen LogP contribution in [-0.2, 0) is 11.3 Å². The largest absolute Gasteiger partial charge is 0.489 e. The zero-order chi connectivity index (χ0) is 21.1. The van der Waals surface area contributed by atoms with Crippen LogP contribution in [0.1, 0.15) is 15.9 Å². The highest BCUT2D eigenvalue weighted by molar-refractivity contribution is 5.89. The van der Waals surface area contributed by atoms with E-state index in [0.717, 1.165) is 11.1 Å². The minimum Gasteiger partial charge on any atom is -0.489 e. The van der Waals surface area contributed by atoms with Crippen molar-refractivity contribution in [3.63, 3.8) is 0 Å². The zero-order valence-electron chi connectivity index (χ0n) is 16.0. The van der Waals surface area contributed by atoms with Crippen molar-refractivity contribution in [3.8, 4) is 17.0 Å². The second-order valence-corrected chi connectivity index (χ2v) is 6.54. The number of fused-ring (bicyclic) bond motifs is 1. The molecule has 8 heteroatoms. The minimum atomic E-state index is -0.436. The monoisotopic (exact) mass is 403 g/mol. The Morgan fingerprint density at radius 1 is 1.03 bits per heavy atom. The van der Waals surface area contributed by atoms with Gasteiger partial charge in [0.15, 0.2) is 0 Å². The molecule has 0 saturated heterocycles. The topological polar surface area (TPSA) is 96.0 Å². The summed E-state index contributed by atoms with van der Waals surface area (Å²) in [4.78, 5) is 26.4. The molecule has 0 amide bonds. The molecule has 8 nitrogen and oxygen atoms in total. The number of ether oxygens (including phenoxy) is 2. The Labute approximate surface area is 171 Å². The van der Waals surface area contributed by atoms with Gasteiger partial charge in [-0.25, -0.2) is 9.78 Å². The Morgan fingerprint density at radius 3 is 2.43 bits per heavy atom. The summed E-state index contributed by atoms with van der Waals surface area (Å²) in [5.41, 5.74) is 3.63. The molecule has 0 aliphatic carbocycles. The molecule has 0 aliphatic rings. The number of pyridine rings is 1. The van der Waals surface area contributed by atoms with E-state index in [0.29, 0.717) is 29.3 Å². The Bertz CT molecular complexity index is 1210. The number of nitro groups is 1. The molecule has 2 heterocycles. The molecule has 0 radical (unpaired) electrons. The lowest BCUT2D eigenvalue weighted by Gasteiger charge is -2.07. The molecule has 0 atom stereocenters.